The molecule has 1 atom stereocenters. The summed E-state index contributed by atoms with van der Waals surface area (Å²) in [6, 6.07) is -1.78. The summed E-state index contributed by atoms with van der Waals surface area (Å²) >= 11 is 5.90. The van der Waals surface area contributed by atoms with Gasteiger partial charge in [0.15, 0.2) is 5.82 Å². The number of nitrogens with one attached hydrogen (secondary N) is 2. The summed E-state index contributed by atoms with van der Waals surface area (Å²) in [6.45, 7) is 0.595. The third-order valence-electron chi connectivity index (χ3n) is 3.47. The summed E-state index contributed by atoms with van der Waals surface area (Å²) in [7, 11) is -3.50. The first-order valence-electron chi connectivity index (χ1n) is 7.30. The van der Waals surface area contributed by atoms with E-state index >= 15 is 0 Å². The molecule has 1 amide bonds. The first-order valence-corrected chi connectivity index (χ1v) is 9.16. The molecule has 2 rings (SSSR count). The zero-order valence-electron chi connectivity index (χ0n) is 14.1. The van der Waals surface area contributed by atoms with Crippen molar-refractivity contribution in [2.24, 2.45) is 7.05 Å². The number of alkyl halides is 3. The number of rotatable bonds is 5. The highest BCUT2D eigenvalue weighted by molar-refractivity contribution is 7.89. The number of anilines is 1. The molecule has 1 unspecified atom stereocenters. The van der Waals surface area contributed by atoms with Crippen molar-refractivity contribution >= 4 is 33.2 Å². The average Bonchev–Trinajstić information content (AvgIpc) is 2.85. The molecular formula is C14H12ClF5N4O3S. The molecule has 154 valence electrons. The Hall–Kier alpha value is -2.25. The molecule has 2 heterocycles. The van der Waals surface area contributed by atoms with Crippen LogP contribution < -0.4 is 10.0 Å². The first kappa shape index (κ1) is 22.0. The van der Waals surface area contributed by atoms with Crippen molar-refractivity contribution in [3.05, 3.63) is 40.9 Å². The topological polar surface area (TPSA) is 93.1 Å². The van der Waals surface area contributed by atoms with Gasteiger partial charge >= 0.3 is 6.18 Å². The average molecular weight is 447 g/mol. The second-order valence-corrected chi connectivity index (χ2v) is 7.66. The summed E-state index contributed by atoms with van der Waals surface area (Å²) in [5.41, 5.74) is -0.694. The minimum absolute atomic E-state index is 0.255. The lowest BCUT2D eigenvalue weighted by molar-refractivity contribution is -0.147. The predicted molar refractivity (Wildman–Crippen MR) is 88.4 cm³/mol. The zero-order valence-corrected chi connectivity index (χ0v) is 15.7. The Morgan fingerprint density at radius 3 is 2.46 bits per heavy atom. The fourth-order valence-corrected chi connectivity index (χ4v) is 3.99. The van der Waals surface area contributed by atoms with Crippen molar-refractivity contribution in [2.75, 3.05) is 5.32 Å². The van der Waals surface area contributed by atoms with Crippen molar-refractivity contribution < 1.29 is 35.2 Å². The van der Waals surface area contributed by atoms with Crippen molar-refractivity contribution in [3.63, 3.8) is 0 Å². The molecular weight excluding hydrogens is 435 g/mol. The van der Waals surface area contributed by atoms with E-state index in [1.54, 1.807) is 0 Å². The number of carbonyl (C=O) groups is 1. The maximum Gasteiger partial charge on any atom is 0.404 e. The number of hydrogen-bond acceptors (Lipinski definition) is 4. The largest absolute Gasteiger partial charge is 0.404 e. The van der Waals surface area contributed by atoms with Crippen molar-refractivity contribution in [1.82, 2.24) is 14.3 Å². The molecule has 0 spiro atoms. The molecule has 2 aromatic heterocycles. The van der Waals surface area contributed by atoms with Gasteiger partial charge in [-0.2, -0.15) is 22.3 Å². The second-order valence-electron chi connectivity index (χ2n) is 5.60. The summed E-state index contributed by atoms with van der Waals surface area (Å²) in [5, 5.41) is 1.47. The van der Waals surface area contributed by atoms with Crippen molar-refractivity contribution in [1.29, 1.82) is 0 Å². The van der Waals surface area contributed by atoms with Gasteiger partial charge < -0.3 is 9.88 Å². The number of aryl methyl sites for hydroxylation is 1. The molecule has 0 aromatic carbocycles. The third kappa shape index (κ3) is 4.59. The van der Waals surface area contributed by atoms with Crippen LogP contribution in [0.25, 0.3) is 0 Å². The Bertz CT molecular complexity index is 1020. The number of aromatic nitrogens is 2. The van der Waals surface area contributed by atoms with E-state index in [-0.39, 0.29) is 5.69 Å². The molecule has 0 saturated heterocycles. The Balaban J connectivity index is 2.34. The molecule has 2 N–H and O–H groups in total. The van der Waals surface area contributed by atoms with Crippen LogP contribution in [0.1, 0.15) is 17.4 Å². The first-order chi connectivity index (χ1) is 12.7. The number of nitrogens with zero attached hydrogens (tertiary/aromatic N) is 2. The van der Waals surface area contributed by atoms with E-state index in [2.05, 4.69) is 10.3 Å². The highest BCUT2D eigenvalue weighted by Crippen LogP contribution is 2.29. The lowest BCUT2D eigenvalue weighted by atomic mass is 10.3. The molecule has 28 heavy (non-hydrogen) atoms. The van der Waals surface area contributed by atoms with Crippen LogP contribution in [-0.2, 0) is 17.1 Å². The molecule has 0 saturated carbocycles. The monoisotopic (exact) mass is 446 g/mol. The van der Waals surface area contributed by atoms with E-state index in [1.165, 1.54) is 11.8 Å². The van der Waals surface area contributed by atoms with Gasteiger partial charge in [0.2, 0.25) is 16.0 Å². The Labute approximate surface area is 160 Å². The van der Waals surface area contributed by atoms with Crippen LogP contribution in [-0.4, -0.2) is 36.1 Å². The van der Waals surface area contributed by atoms with E-state index in [4.69, 9.17) is 11.6 Å². The predicted octanol–water partition coefficient (Wildman–Crippen LogP) is 2.83. The van der Waals surface area contributed by atoms with E-state index in [0.29, 0.717) is 13.0 Å². The van der Waals surface area contributed by atoms with E-state index in [1.807, 2.05) is 0 Å². The van der Waals surface area contributed by atoms with Gasteiger partial charge in [-0.15, -0.1) is 0 Å². The fourth-order valence-electron chi connectivity index (χ4n) is 2.06. The summed E-state index contributed by atoms with van der Waals surface area (Å²) in [6.07, 6.45) is -3.20. The maximum atomic E-state index is 13.2. The molecule has 0 aliphatic heterocycles. The molecule has 0 fully saturated rings. The maximum absolute atomic E-state index is 13.2. The van der Waals surface area contributed by atoms with E-state index < -0.39 is 55.5 Å². The summed E-state index contributed by atoms with van der Waals surface area (Å²) in [4.78, 5) is 14.6. The second kappa shape index (κ2) is 7.64. The van der Waals surface area contributed by atoms with Crippen LogP contribution in [0.4, 0.5) is 27.6 Å². The Kier molecular flexibility index (Phi) is 6.01. The lowest BCUT2D eigenvalue weighted by Gasteiger charge is -2.16. The van der Waals surface area contributed by atoms with Crippen LogP contribution in [0.5, 0.6) is 0 Å². The van der Waals surface area contributed by atoms with Crippen molar-refractivity contribution in [3.8, 4) is 0 Å². The van der Waals surface area contributed by atoms with Crippen LogP contribution in [0.3, 0.4) is 0 Å². The molecule has 0 aliphatic carbocycles. The molecule has 0 bridgehead atoms. The van der Waals surface area contributed by atoms with Gasteiger partial charge in [-0.1, -0.05) is 11.6 Å². The lowest BCUT2D eigenvalue weighted by Crippen LogP contribution is -2.42. The van der Waals surface area contributed by atoms with Crippen LogP contribution in [0.15, 0.2) is 23.4 Å². The normalized spacial score (nSPS) is 13.4. The SMILES string of the molecule is CC(NS(=O)(=O)c1cn(C)c(C(=O)Nc2cnc(F)c(F)c2)c1Cl)C(F)(F)F. The van der Waals surface area contributed by atoms with Gasteiger partial charge in [0.05, 0.1) is 16.9 Å². The van der Waals surface area contributed by atoms with Gasteiger partial charge in [-0.3, -0.25) is 4.79 Å². The summed E-state index contributed by atoms with van der Waals surface area (Å²) in [5.74, 6) is -3.76. The third-order valence-corrected chi connectivity index (χ3v) is 5.52. The van der Waals surface area contributed by atoms with Gasteiger partial charge in [0.25, 0.3) is 5.91 Å². The highest BCUT2D eigenvalue weighted by atomic mass is 35.5. The molecule has 14 heteroatoms. The zero-order chi connectivity index (χ0) is 21.4. The van der Waals surface area contributed by atoms with Crippen molar-refractivity contribution in [2.45, 2.75) is 24.0 Å². The quantitative estimate of drug-likeness (QED) is 0.545. The summed E-state index contributed by atoms with van der Waals surface area (Å²) < 4.78 is 90.6. The Morgan fingerprint density at radius 1 is 1.32 bits per heavy atom. The minimum Gasteiger partial charge on any atom is -0.344 e. The highest BCUT2D eigenvalue weighted by Gasteiger charge is 2.40. The number of hydrogen-bond donors (Lipinski definition) is 2. The number of halogens is 6. The minimum atomic E-state index is -4.84. The Morgan fingerprint density at radius 2 is 1.93 bits per heavy atom. The fraction of sp³-hybridized carbons (Fsp3) is 0.286. The van der Waals surface area contributed by atoms with Crippen LogP contribution in [0.2, 0.25) is 5.02 Å². The molecule has 0 aliphatic rings. The van der Waals surface area contributed by atoms with E-state index in [9.17, 15) is 35.2 Å². The number of pyridine rings is 1. The van der Waals surface area contributed by atoms with Gasteiger partial charge in [0.1, 0.15) is 16.6 Å². The number of amides is 1. The van der Waals surface area contributed by atoms with Gasteiger partial charge in [0, 0.05) is 19.3 Å². The molecule has 2 aromatic rings. The van der Waals surface area contributed by atoms with Gasteiger partial charge in [-0.05, 0) is 6.92 Å². The van der Waals surface area contributed by atoms with E-state index in [0.717, 1.165) is 17.0 Å². The molecule has 7 nitrogen and oxygen atoms in total. The number of carbonyl (C=O) groups excluding carboxylic acids is 1. The standard InChI is InChI=1S/C14H12ClF5N4O3S/c1-6(14(18,19)20)23-28(26,27)9-5-24(2)11(10(9)15)13(25)22-7-3-8(16)12(17)21-4-7/h3-6,23H,1-2H3,(H,22,25). The van der Waals surface area contributed by atoms with Crippen LogP contribution in [0, 0.1) is 11.8 Å². The van der Waals surface area contributed by atoms with Gasteiger partial charge in [-0.25, -0.2) is 17.8 Å². The smallest absolute Gasteiger partial charge is 0.344 e. The molecule has 0 radical (unpaired) electrons. The number of sulfonamides is 1. The van der Waals surface area contributed by atoms with Crippen LogP contribution >= 0.6 is 11.6 Å².